The van der Waals surface area contributed by atoms with E-state index < -0.39 is 16.6 Å². The zero-order valence-corrected chi connectivity index (χ0v) is 19.9. The van der Waals surface area contributed by atoms with E-state index in [1.54, 1.807) is 0 Å². The molecule has 3 nitrogen and oxygen atoms in total. The molecule has 0 N–H and O–H groups in total. The fourth-order valence-corrected chi connectivity index (χ4v) is 7.59. The van der Waals surface area contributed by atoms with Crippen molar-refractivity contribution in [1.82, 2.24) is 0 Å². The SMILES string of the molecule is CCC(=O)[C@H](C)[C@H](O[Si](C)(C)C)[C@@H](C)[C@@H](C)O[Si](CC)(CC)CC. The molecule has 0 aliphatic heterocycles. The summed E-state index contributed by atoms with van der Waals surface area (Å²) in [4.78, 5) is 12.3. The molecule has 0 saturated heterocycles. The molecule has 0 aliphatic carbocycles. The molecule has 0 aromatic heterocycles. The lowest BCUT2D eigenvalue weighted by molar-refractivity contribution is -0.126. The second-order valence-corrected chi connectivity index (χ2v) is 17.4. The van der Waals surface area contributed by atoms with E-state index in [-0.39, 0.29) is 24.0 Å². The Morgan fingerprint density at radius 2 is 1.33 bits per heavy atom. The average Bonchev–Trinajstić information content (AvgIpc) is 2.54. The first-order valence-electron chi connectivity index (χ1n) is 9.85. The maximum atomic E-state index is 12.3. The van der Waals surface area contributed by atoms with E-state index in [0.29, 0.717) is 12.2 Å². The summed E-state index contributed by atoms with van der Waals surface area (Å²) in [5, 5.41) is 0. The van der Waals surface area contributed by atoms with Gasteiger partial charge >= 0.3 is 0 Å². The average molecular weight is 375 g/mol. The maximum absolute atomic E-state index is 12.3. The monoisotopic (exact) mass is 374 g/mol. The van der Waals surface area contributed by atoms with Crippen molar-refractivity contribution in [3.05, 3.63) is 0 Å². The summed E-state index contributed by atoms with van der Waals surface area (Å²) in [5.41, 5.74) is 0. The minimum Gasteiger partial charge on any atom is -0.414 e. The molecule has 144 valence electrons. The van der Waals surface area contributed by atoms with Crippen LogP contribution < -0.4 is 0 Å². The van der Waals surface area contributed by atoms with Gasteiger partial charge in [-0.3, -0.25) is 4.79 Å². The molecular weight excluding hydrogens is 332 g/mol. The Hall–Kier alpha value is 0.0238. The number of hydrogen-bond donors (Lipinski definition) is 0. The van der Waals surface area contributed by atoms with Crippen molar-refractivity contribution in [3.63, 3.8) is 0 Å². The van der Waals surface area contributed by atoms with E-state index in [1.807, 2.05) is 13.8 Å². The lowest BCUT2D eigenvalue weighted by Gasteiger charge is -2.40. The molecule has 0 heterocycles. The van der Waals surface area contributed by atoms with Crippen LogP contribution in [0, 0.1) is 11.8 Å². The van der Waals surface area contributed by atoms with Gasteiger partial charge in [0.1, 0.15) is 5.78 Å². The molecule has 0 amide bonds. The van der Waals surface area contributed by atoms with Gasteiger partial charge in [0.05, 0.1) is 6.10 Å². The van der Waals surface area contributed by atoms with Crippen molar-refractivity contribution in [1.29, 1.82) is 0 Å². The molecule has 24 heavy (non-hydrogen) atoms. The molecule has 0 bridgehead atoms. The van der Waals surface area contributed by atoms with E-state index in [1.165, 1.54) is 0 Å². The smallest absolute Gasteiger partial charge is 0.192 e. The van der Waals surface area contributed by atoms with Gasteiger partial charge in [-0.05, 0) is 44.7 Å². The third kappa shape index (κ3) is 7.10. The lowest BCUT2D eigenvalue weighted by Crippen LogP contribution is -2.48. The van der Waals surface area contributed by atoms with Gasteiger partial charge in [0.15, 0.2) is 16.6 Å². The fraction of sp³-hybridized carbons (Fsp3) is 0.947. The molecule has 0 unspecified atom stereocenters. The summed E-state index contributed by atoms with van der Waals surface area (Å²) >= 11 is 0. The second kappa shape index (κ2) is 10.2. The number of ketones is 1. The maximum Gasteiger partial charge on any atom is 0.192 e. The Kier molecular flexibility index (Phi) is 10.3. The second-order valence-electron chi connectivity index (χ2n) is 8.23. The largest absolute Gasteiger partial charge is 0.414 e. The molecule has 0 fully saturated rings. The summed E-state index contributed by atoms with van der Waals surface area (Å²) in [6.45, 7) is 21.7. The minimum atomic E-state index is -1.73. The van der Waals surface area contributed by atoms with Crippen molar-refractivity contribution in [2.24, 2.45) is 11.8 Å². The predicted molar refractivity (Wildman–Crippen MR) is 110 cm³/mol. The first kappa shape index (κ1) is 24.0. The van der Waals surface area contributed by atoms with Crippen LogP contribution in [0.25, 0.3) is 0 Å². The number of Topliss-reactive ketones (excluding diaryl/α,β-unsaturated/α-hetero) is 1. The molecule has 0 aromatic carbocycles. The molecule has 0 radical (unpaired) electrons. The van der Waals surface area contributed by atoms with Crippen molar-refractivity contribution < 1.29 is 13.6 Å². The highest BCUT2D eigenvalue weighted by molar-refractivity contribution is 6.73. The van der Waals surface area contributed by atoms with Crippen molar-refractivity contribution in [3.8, 4) is 0 Å². The van der Waals surface area contributed by atoms with Gasteiger partial charge in [-0.1, -0.05) is 41.5 Å². The van der Waals surface area contributed by atoms with Gasteiger partial charge in [0.25, 0.3) is 0 Å². The summed E-state index contributed by atoms with van der Waals surface area (Å²) in [5.74, 6) is 0.449. The first-order valence-corrected chi connectivity index (χ1v) is 15.8. The third-order valence-electron chi connectivity index (χ3n) is 5.47. The topological polar surface area (TPSA) is 35.5 Å². The molecule has 5 heteroatoms. The van der Waals surface area contributed by atoms with Gasteiger partial charge < -0.3 is 8.85 Å². The number of rotatable bonds is 12. The summed E-state index contributed by atoms with van der Waals surface area (Å²) in [6.07, 6.45) is 0.660. The molecule has 4 atom stereocenters. The molecule has 0 aliphatic rings. The molecule has 0 saturated carbocycles. The number of carbonyl (C=O) groups is 1. The zero-order valence-electron chi connectivity index (χ0n) is 17.9. The van der Waals surface area contributed by atoms with Gasteiger partial charge in [-0.15, -0.1) is 0 Å². The van der Waals surface area contributed by atoms with E-state index in [0.717, 1.165) is 18.1 Å². The van der Waals surface area contributed by atoms with E-state index in [4.69, 9.17) is 8.85 Å². The minimum absolute atomic E-state index is 0.0450. The quantitative estimate of drug-likeness (QED) is 0.401. The number of hydrogen-bond acceptors (Lipinski definition) is 3. The Morgan fingerprint density at radius 3 is 1.67 bits per heavy atom. The normalized spacial score (nSPS) is 18.1. The first-order chi connectivity index (χ1) is 11.0. The van der Waals surface area contributed by atoms with Crippen LogP contribution in [0.4, 0.5) is 0 Å². The Bertz CT molecular complexity index is 367. The highest BCUT2D eigenvalue weighted by Gasteiger charge is 2.38. The molecular formula is C19H42O3Si2. The van der Waals surface area contributed by atoms with E-state index in [2.05, 4.69) is 54.3 Å². The van der Waals surface area contributed by atoms with Gasteiger partial charge in [-0.2, -0.15) is 0 Å². The van der Waals surface area contributed by atoms with Crippen molar-refractivity contribution >= 4 is 22.4 Å². The van der Waals surface area contributed by atoms with E-state index in [9.17, 15) is 4.79 Å². The van der Waals surface area contributed by atoms with Crippen molar-refractivity contribution in [2.45, 2.75) is 105 Å². The van der Waals surface area contributed by atoms with Crippen LogP contribution in [-0.2, 0) is 13.6 Å². The number of carbonyl (C=O) groups excluding carboxylic acids is 1. The Morgan fingerprint density at radius 1 is 0.875 bits per heavy atom. The third-order valence-corrected chi connectivity index (χ3v) is 11.2. The fourth-order valence-electron chi connectivity index (χ4n) is 3.35. The van der Waals surface area contributed by atoms with Gasteiger partial charge in [0, 0.05) is 24.4 Å². The van der Waals surface area contributed by atoms with Crippen LogP contribution in [0.3, 0.4) is 0 Å². The van der Waals surface area contributed by atoms with Crippen LogP contribution in [0.2, 0.25) is 37.8 Å². The van der Waals surface area contributed by atoms with Crippen LogP contribution in [0.1, 0.15) is 54.9 Å². The Labute approximate surface area is 153 Å². The molecule has 0 aromatic rings. The summed E-state index contributed by atoms with van der Waals surface area (Å²) < 4.78 is 13.1. The van der Waals surface area contributed by atoms with Crippen LogP contribution in [0.5, 0.6) is 0 Å². The zero-order chi connectivity index (χ0) is 19.1. The highest BCUT2D eigenvalue weighted by atomic mass is 28.4. The molecule has 0 rings (SSSR count). The molecule has 0 spiro atoms. The van der Waals surface area contributed by atoms with E-state index >= 15 is 0 Å². The summed E-state index contributed by atoms with van der Waals surface area (Å²) in [7, 11) is -3.38. The summed E-state index contributed by atoms with van der Waals surface area (Å²) in [6, 6.07) is 3.46. The van der Waals surface area contributed by atoms with Crippen LogP contribution >= 0.6 is 0 Å². The predicted octanol–water partition coefficient (Wildman–Crippen LogP) is 5.87. The standard InChI is InChI=1S/C19H42O3Si2/c1-11-18(20)16(6)19(22-23(8,9)10)15(5)17(7)21-24(12-2,13-3)14-4/h15-17,19H,11-14H2,1-10H3/t15-,16-,17+,19+/m0/s1. The Balaban J connectivity index is 5.35. The van der Waals surface area contributed by atoms with Gasteiger partial charge in [0.2, 0.25) is 0 Å². The van der Waals surface area contributed by atoms with Crippen LogP contribution in [0.15, 0.2) is 0 Å². The highest BCUT2D eigenvalue weighted by Crippen LogP contribution is 2.31. The van der Waals surface area contributed by atoms with Gasteiger partial charge in [-0.25, -0.2) is 0 Å². The van der Waals surface area contributed by atoms with Crippen molar-refractivity contribution in [2.75, 3.05) is 0 Å². The lowest BCUT2D eigenvalue weighted by atomic mass is 9.87. The van der Waals surface area contributed by atoms with Crippen LogP contribution in [-0.4, -0.2) is 34.6 Å².